The van der Waals surface area contributed by atoms with E-state index in [1.807, 2.05) is 11.9 Å². The molecule has 0 unspecified atom stereocenters. The number of carbonyl (C=O) groups is 1. The molecule has 0 spiro atoms. The summed E-state index contributed by atoms with van der Waals surface area (Å²) < 4.78 is 0. The second kappa shape index (κ2) is 11.3. The molecule has 0 aliphatic carbocycles. The number of rotatable bonds is 10. The van der Waals surface area contributed by atoms with Crippen molar-refractivity contribution in [2.75, 3.05) is 33.7 Å². The summed E-state index contributed by atoms with van der Waals surface area (Å²) in [6, 6.07) is 13.3. The van der Waals surface area contributed by atoms with Gasteiger partial charge < -0.3 is 15.1 Å². The molecule has 7 nitrogen and oxygen atoms in total. The van der Waals surface area contributed by atoms with E-state index in [-0.39, 0.29) is 24.0 Å². The van der Waals surface area contributed by atoms with Crippen LogP contribution in [0.3, 0.4) is 0 Å². The van der Waals surface area contributed by atoms with E-state index >= 15 is 0 Å². The molecule has 0 fully saturated rings. The fourth-order valence-electron chi connectivity index (χ4n) is 2.93. The number of hydrogen-bond donors (Lipinski definition) is 3. The molecule has 0 bridgehead atoms. The van der Waals surface area contributed by atoms with Crippen molar-refractivity contribution in [3.63, 3.8) is 0 Å². The predicted octanol–water partition coefficient (Wildman–Crippen LogP) is 2.74. The average Bonchev–Trinajstić information content (AvgIpc) is 2.70. The zero-order valence-corrected chi connectivity index (χ0v) is 18.2. The molecule has 30 heavy (non-hydrogen) atoms. The van der Waals surface area contributed by atoms with Gasteiger partial charge in [0, 0.05) is 25.2 Å². The maximum atomic E-state index is 12.0. The van der Waals surface area contributed by atoms with Crippen LogP contribution < -0.4 is 5.43 Å². The first-order chi connectivity index (χ1) is 14.3. The number of para-hydroxylation sites is 1. The highest BCUT2D eigenvalue weighted by Crippen LogP contribution is 2.26. The van der Waals surface area contributed by atoms with Crippen LogP contribution in [0, 0.1) is 0 Å². The number of phenols is 2. The molecule has 2 aromatic rings. The molecule has 0 heterocycles. The Balaban J connectivity index is 1.71. The van der Waals surface area contributed by atoms with Crippen LogP contribution in [0.5, 0.6) is 11.5 Å². The van der Waals surface area contributed by atoms with E-state index in [2.05, 4.69) is 60.6 Å². The van der Waals surface area contributed by atoms with Gasteiger partial charge in [0.25, 0.3) is 5.91 Å². The summed E-state index contributed by atoms with van der Waals surface area (Å²) >= 11 is 0. The fraction of sp³-hybridized carbons (Fsp3) is 0.391. The standard InChI is InChI=1S/C23H32N4O3/c1-17(2)19-10-8-18(9-11-19)15-26(3)12-13-27(4)16-22(29)25-24-14-20-6-5-7-21(28)23(20)30/h5-11,14,17,28,30H,12-13,15-16H2,1-4H3,(H,25,29). The second-order valence-corrected chi connectivity index (χ2v) is 7.88. The molecule has 3 N–H and O–H groups in total. The molecule has 0 atom stereocenters. The molecule has 0 aromatic heterocycles. The molecule has 7 heteroatoms. The van der Waals surface area contributed by atoms with Gasteiger partial charge in [-0.15, -0.1) is 0 Å². The molecule has 0 radical (unpaired) electrons. The number of amides is 1. The fourth-order valence-corrected chi connectivity index (χ4v) is 2.93. The topological polar surface area (TPSA) is 88.4 Å². The number of aromatic hydroxyl groups is 2. The zero-order chi connectivity index (χ0) is 22.1. The molecule has 0 aliphatic heterocycles. The molecule has 0 aliphatic rings. The van der Waals surface area contributed by atoms with Crippen molar-refractivity contribution < 1.29 is 15.0 Å². The van der Waals surface area contributed by atoms with Gasteiger partial charge in [-0.3, -0.25) is 9.69 Å². The molecule has 0 saturated carbocycles. The SMILES string of the molecule is CC(C)c1ccc(CN(C)CCN(C)CC(=O)NN=Cc2cccc(O)c2O)cc1. The summed E-state index contributed by atoms with van der Waals surface area (Å²) in [5.74, 6) is -0.216. The maximum absolute atomic E-state index is 12.0. The Bertz CT molecular complexity index is 850. The minimum absolute atomic E-state index is 0.209. The highest BCUT2D eigenvalue weighted by molar-refractivity contribution is 5.86. The van der Waals surface area contributed by atoms with E-state index in [0.29, 0.717) is 11.5 Å². The van der Waals surface area contributed by atoms with Crippen molar-refractivity contribution >= 4 is 12.1 Å². The van der Waals surface area contributed by atoms with E-state index in [0.717, 1.165) is 19.6 Å². The van der Waals surface area contributed by atoms with Gasteiger partial charge in [-0.25, -0.2) is 5.43 Å². The Labute approximate surface area is 178 Å². The number of nitrogens with zero attached hydrogens (tertiary/aromatic N) is 3. The molecule has 162 valence electrons. The van der Waals surface area contributed by atoms with Gasteiger partial charge in [-0.1, -0.05) is 44.2 Å². The predicted molar refractivity (Wildman–Crippen MR) is 120 cm³/mol. The summed E-state index contributed by atoms with van der Waals surface area (Å²) in [6.07, 6.45) is 1.30. The average molecular weight is 413 g/mol. The molecular weight excluding hydrogens is 380 g/mol. The van der Waals surface area contributed by atoms with Crippen molar-refractivity contribution in [2.45, 2.75) is 26.3 Å². The lowest BCUT2D eigenvalue weighted by Gasteiger charge is -2.21. The van der Waals surface area contributed by atoms with Gasteiger partial charge in [0.15, 0.2) is 11.5 Å². The summed E-state index contributed by atoms with van der Waals surface area (Å²) in [6.45, 7) is 7.02. The quantitative estimate of drug-likeness (QED) is 0.317. The van der Waals surface area contributed by atoms with Crippen LogP contribution in [0.4, 0.5) is 0 Å². The third kappa shape index (κ3) is 7.50. The van der Waals surface area contributed by atoms with Gasteiger partial charge in [-0.05, 0) is 43.3 Å². The summed E-state index contributed by atoms with van der Waals surface area (Å²) in [7, 11) is 3.95. The van der Waals surface area contributed by atoms with Crippen molar-refractivity contribution in [1.29, 1.82) is 0 Å². The van der Waals surface area contributed by atoms with Crippen LogP contribution >= 0.6 is 0 Å². The van der Waals surface area contributed by atoms with Crippen LogP contribution in [0.1, 0.15) is 36.5 Å². The van der Waals surface area contributed by atoms with Crippen molar-refractivity contribution in [1.82, 2.24) is 15.2 Å². The van der Waals surface area contributed by atoms with E-state index in [1.165, 1.54) is 23.4 Å². The highest BCUT2D eigenvalue weighted by Gasteiger charge is 2.08. The second-order valence-electron chi connectivity index (χ2n) is 7.88. The van der Waals surface area contributed by atoms with Gasteiger partial charge in [0.1, 0.15) is 0 Å². The minimum Gasteiger partial charge on any atom is -0.504 e. The lowest BCUT2D eigenvalue weighted by molar-refractivity contribution is -0.121. The number of hydrogen-bond acceptors (Lipinski definition) is 6. The van der Waals surface area contributed by atoms with Crippen LogP contribution in [-0.4, -0.2) is 65.9 Å². The maximum Gasteiger partial charge on any atom is 0.254 e. The smallest absolute Gasteiger partial charge is 0.254 e. The Morgan fingerprint density at radius 3 is 2.40 bits per heavy atom. The zero-order valence-electron chi connectivity index (χ0n) is 18.2. The van der Waals surface area contributed by atoms with Crippen LogP contribution in [0.25, 0.3) is 0 Å². The van der Waals surface area contributed by atoms with Gasteiger partial charge in [0.2, 0.25) is 0 Å². The van der Waals surface area contributed by atoms with E-state index in [9.17, 15) is 15.0 Å². The number of phenolic OH excluding ortho intramolecular Hbond substituents is 2. The third-order valence-electron chi connectivity index (χ3n) is 4.81. The summed E-state index contributed by atoms with van der Waals surface area (Å²) in [5, 5.41) is 23.0. The van der Waals surface area contributed by atoms with Gasteiger partial charge >= 0.3 is 0 Å². The monoisotopic (exact) mass is 412 g/mol. The van der Waals surface area contributed by atoms with Gasteiger partial charge in [0.05, 0.1) is 12.8 Å². The van der Waals surface area contributed by atoms with Crippen molar-refractivity contribution in [3.05, 3.63) is 59.2 Å². The first kappa shape index (κ1) is 23.4. The Morgan fingerprint density at radius 1 is 1.07 bits per heavy atom. The van der Waals surface area contributed by atoms with Crippen molar-refractivity contribution in [2.24, 2.45) is 5.10 Å². The molecule has 1 amide bonds. The molecule has 0 saturated heterocycles. The summed E-state index contributed by atoms with van der Waals surface area (Å²) in [5.41, 5.74) is 5.37. The number of hydrazone groups is 1. The van der Waals surface area contributed by atoms with E-state index in [1.54, 1.807) is 12.1 Å². The van der Waals surface area contributed by atoms with Crippen LogP contribution in [-0.2, 0) is 11.3 Å². The number of carbonyl (C=O) groups excluding carboxylic acids is 1. The number of benzene rings is 2. The van der Waals surface area contributed by atoms with E-state index < -0.39 is 0 Å². The van der Waals surface area contributed by atoms with E-state index in [4.69, 9.17) is 0 Å². The first-order valence-electron chi connectivity index (χ1n) is 10.0. The largest absolute Gasteiger partial charge is 0.504 e. The number of nitrogens with one attached hydrogen (secondary N) is 1. The Kier molecular flexibility index (Phi) is 8.83. The van der Waals surface area contributed by atoms with Gasteiger partial charge in [-0.2, -0.15) is 5.10 Å². The lowest BCUT2D eigenvalue weighted by Crippen LogP contribution is -2.37. The first-order valence-corrected chi connectivity index (χ1v) is 10.0. The lowest BCUT2D eigenvalue weighted by atomic mass is 10.0. The summed E-state index contributed by atoms with van der Waals surface area (Å²) in [4.78, 5) is 16.2. The molecule has 2 aromatic carbocycles. The van der Waals surface area contributed by atoms with Crippen molar-refractivity contribution in [3.8, 4) is 11.5 Å². The Morgan fingerprint density at radius 2 is 1.73 bits per heavy atom. The third-order valence-corrected chi connectivity index (χ3v) is 4.81. The Hall–Kier alpha value is -2.90. The highest BCUT2D eigenvalue weighted by atomic mass is 16.3. The minimum atomic E-state index is -0.269. The molecular formula is C23H32N4O3. The normalized spacial score (nSPS) is 11.7. The van der Waals surface area contributed by atoms with Crippen LogP contribution in [0.15, 0.2) is 47.6 Å². The number of likely N-dealkylation sites (N-methyl/N-ethyl adjacent to an activating group) is 2. The van der Waals surface area contributed by atoms with Crippen LogP contribution in [0.2, 0.25) is 0 Å². The molecule has 2 rings (SSSR count).